The molecule has 6 heteroatoms. The minimum atomic E-state index is -0.801. The Morgan fingerprint density at radius 2 is 0.606 bits per heavy atom. The van der Waals surface area contributed by atoms with Gasteiger partial charge in [-0.15, -0.1) is 0 Å². The summed E-state index contributed by atoms with van der Waals surface area (Å²) in [5, 5.41) is 0. The average molecular weight is 917 g/mol. The topological polar surface area (TPSA) is 78.9 Å². The van der Waals surface area contributed by atoms with E-state index in [9.17, 15) is 14.4 Å². The zero-order valence-corrected chi connectivity index (χ0v) is 42.9. The molecule has 0 aromatic carbocycles. The SMILES string of the molecule is CC\C=C/C=C\C=C/C=C\CCCCCCCC(=O)OC(COC(=O)CCCCCCC\C=C/C=C\C=C/CCCCCCC)COC(=O)CCCCCCCCC/C=C\CCCCCC. The van der Waals surface area contributed by atoms with Gasteiger partial charge in [-0.3, -0.25) is 14.4 Å². The predicted octanol–water partition coefficient (Wildman–Crippen LogP) is 18.1. The lowest BCUT2D eigenvalue weighted by Gasteiger charge is -2.18. The predicted molar refractivity (Wildman–Crippen MR) is 284 cm³/mol. The molecule has 0 radical (unpaired) electrons. The Bertz CT molecular complexity index is 1330. The fraction of sp³-hybridized carbons (Fsp3) is 0.683. The molecular weight excluding hydrogens is 817 g/mol. The Morgan fingerprint density at radius 1 is 0.318 bits per heavy atom. The maximum atomic E-state index is 12.8. The van der Waals surface area contributed by atoms with Gasteiger partial charge >= 0.3 is 17.9 Å². The highest BCUT2D eigenvalue weighted by Gasteiger charge is 2.19. The van der Waals surface area contributed by atoms with E-state index in [1.807, 2.05) is 18.2 Å². The molecule has 0 aliphatic carbocycles. The van der Waals surface area contributed by atoms with Crippen LogP contribution in [0.1, 0.15) is 245 Å². The van der Waals surface area contributed by atoms with E-state index in [4.69, 9.17) is 14.2 Å². The van der Waals surface area contributed by atoms with Crippen LogP contribution in [0.4, 0.5) is 0 Å². The number of hydrogen-bond donors (Lipinski definition) is 0. The smallest absolute Gasteiger partial charge is 0.306 e. The molecule has 0 aliphatic heterocycles. The molecule has 0 aromatic heterocycles. The Labute approximate surface area is 407 Å². The number of carbonyl (C=O) groups excluding carboxylic acids is 3. The molecule has 0 aromatic rings. The number of esters is 3. The van der Waals surface area contributed by atoms with Crippen molar-refractivity contribution in [3.63, 3.8) is 0 Å². The van der Waals surface area contributed by atoms with Gasteiger partial charge in [0.1, 0.15) is 13.2 Å². The van der Waals surface area contributed by atoms with E-state index < -0.39 is 6.10 Å². The zero-order valence-electron chi connectivity index (χ0n) is 42.9. The molecule has 0 amide bonds. The molecular formula is C60H100O6. The van der Waals surface area contributed by atoms with Crippen LogP contribution in [-0.2, 0) is 28.6 Å². The molecule has 0 aliphatic rings. The van der Waals surface area contributed by atoms with Gasteiger partial charge in [-0.2, -0.15) is 0 Å². The van der Waals surface area contributed by atoms with Crippen LogP contribution in [0.2, 0.25) is 0 Å². The maximum absolute atomic E-state index is 12.8. The lowest BCUT2D eigenvalue weighted by Crippen LogP contribution is -2.30. The second-order valence-electron chi connectivity index (χ2n) is 17.9. The van der Waals surface area contributed by atoms with Crippen molar-refractivity contribution in [2.45, 2.75) is 252 Å². The van der Waals surface area contributed by atoms with Crippen molar-refractivity contribution in [3.8, 4) is 0 Å². The zero-order chi connectivity index (χ0) is 47.9. The van der Waals surface area contributed by atoms with Gasteiger partial charge < -0.3 is 14.2 Å². The molecule has 66 heavy (non-hydrogen) atoms. The van der Waals surface area contributed by atoms with E-state index in [0.717, 1.165) is 109 Å². The normalized spacial score (nSPS) is 12.8. The van der Waals surface area contributed by atoms with Crippen LogP contribution in [0, 0.1) is 0 Å². The van der Waals surface area contributed by atoms with Crippen molar-refractivity contribution >= 4 is 17.9 Å². The minimum Gasteiger partial charge on any atom is -0.462 e. The molecule has 0 rings (SSSR count). The lowest BCUT2D eigenvalue weighted by atomic mass is 10.1. The van der Waals surface area contributed by atoms with E-state index in [0.29, 0.717) is 19.3 Å². The van der Waals surface area contributed by atoms with Crippen LogP contribution in [-0.4, -0.2) is 37.2 Å². The molecule has 0 saturated carbocycles. The van der Waals surface area contributed by atoms with Crippen LogP contribution in [0.25, 0.3) is 0 Å². The van der Waals surface area contributed by atoms with Crippen molar-refractivity contribution in [1.82, 2.24) is 0 Å². The average Bonchev–Trinajstić information content (AvgIpc) is 3.31. The van der Waals surface area contributed by atoms with Gasteiger partial charge in [0.2, 0.25) is 0 Å². The number of unbranched alkanes of at least 4 members (excludes halogenated alkanes) is 26. The van der Waals surface area contributed by atoms with E-state index >= 15 is 0 Å². The highest BCUT2D eigenvalue weighted by molar-refractivity contribution is 5.71. The van der Waals surface area contributed by atoms with Gasteiger partial charge in [0.25, 0.3) is 0 Å². The Morgan fingerprint density at radius 3 is 0.985 bits per heavy atom. The highest BCUT2D eigenvalue weighted by Crippen LogP contribution is 2.14. The summed E-state index contributed by atoms with van der Waals surface area (Å²) in [5.74, 6) is -0.945. The van der Waals surface area contributed by atoms with Gasteiger partial charge in [-0.05, 0) is 89.9 Å². The molecule has 1 unspecified atom stereocenters. The Hall–Kier alpha value is -3.67. The van der Waals surface area contributed by atoms with Crippen molar-refractivity contribution in [3.05, 3.63) is 97.2 Å². The van der Waals surface area contributed by atoms with Crippen molar-refractivity contribution in [2.24, 2.45) is 0 Å². The fourth-order valence-corrected chi connectivity index (χ4v) is 7.33. The second-order valence-corrected chi connectivity index (χ2v) is 17.9. The first-order valence-corrected chi connectivity index (χ1v) is 27.3. The Balaban J connectivity index is 4.48. The summed E-state index contributed by atoms with van der Waals surface area (Å²) in [6, 6.07) is 0. The van der Waals surface area contributed by atoms with Gasteiger partial charge in [0.05, 0.1) is 0 Å². The quantitative estimate of drug-likeness (QED) is 0.0199. The minimum absolute atomic E-state index is 0.0972. The van der Waals surface area contributed by atoms with Gasteiger partial charge in [0, 0.05) is 19.3 Å². The fourth-order valence-electron chi connectivity index (χ4n) is 7.33. The third-order valence-electron chi connectivity index (χ3n) is 11.4. The molecule has 0 saturated heterocycles. The summed E-state index contributed by atoms with van der Waals surface area (Å²) >= 11 is 0. The number of ether oxygens (including phenoxy) is 3. The second kappa shape index (κ2) is 53.9. The summed E-state index contributed by atoms with van der Waals surface area (Å²) in [6.07, 6.45) is 71.0. The van der Waals surface area contributed by atoms with Gasteiger partial charge in [-0.25, -0.2) is 0 Å². The van der Waals surface area contributed by atoms with Crippen LogP contribution in [0.3, 0.4) is 0 Å². The molecule has 0 N–H and O–H groups in total. The summed E-state index contributed by atoms with van der Waals surface area (Å²) in [4.78, 5) is 38.1. The maximum Gasteiger partial charge on any atom is 0.306 e. The number of rotatable bonds is 48. The van der Waals surface area contributed by atoms with E-state index in [1.165, 1.54) is 96.3 Å². The van der Waals surface area contributed by atoms with Crippen molar-refractivity contribution in [1.29, 1.82) is 0 Å². The number of allylic oxidation sites excluding steroid dienone is 16. The molecule has 0 bridgehead atoms. The van der Waals surface area contributed by atoms with Crippen LogP contribution < -0.4 is 0 Å². The van der Waals surface area contributed by atoms with Crippen molar-refractivity contribution < 1.29 is 28.6 Å². The summed E-state index contributed by atoms with van der Waals surface area (Å²) in [6.45, 7) is 6.43. The van der Waals surface area contributed by atoms with Crippen molar-refractivity contribution in [2.75, 3.05) is 13.2 Å². The van der Waals surface area contributed by atoms with Gasteiger partial charge in [-0.1, -0.05) is 234 Å². The third kappa shape index (κ3) is 51.3. The first-order valence-electron chi connectivity index (χ1n) is 27.3. The number of hydrogen-bond acceptors (Lipinski definition) is 6. The van der Waals surface area contributed by atoms with E-state index in [-0.39, 0.29) is 31.1 Å². The third-order valence-corrected chi connectivity index (χ3v) is 11.4. The monoisotopic (exact) mass is 917 g/mol. The summed E-state index contributed by atoms with van der Waals surface area (Å²) < 4.78 is 16.8. The largest absolute Gasteiger partial charge is 0.462 e. The standard InChI is InChI=1S/C60H100O6/c1-4-7-10-13-16-19-22-25-28-29-30-33-35-38-41-44-47-50-53-59(62)65-56-57(66-60(63)54-51-48-45-42-39-36-32-27-24-21-18-15-12-9-6-3)55-64-58(61)52-49-46-43-40-37-34-31-26-23-20-17-14-11-8-5-2/h9,12,15,18,20-25,27-30,32-33,57H,4-8,10-11,13-14,16-17,19,26,31,34-56H2,1-3H3/b12-9-,18-15-,23-20-,24-21-,25-22-,29-28-,32-27-,33-30-. The first kappa shape index (κ1) is 62.3. The summed E-state index contributed by atoms with van der Waals surface area (Å²) in [7, 11) is 0. The molecule has 1 atom stereocenters. The Kier molecular flexibility index (Phi) is 50.9. The first-order chi connectivity index (χ1) is 32.5. The van der Waals surface area contributed by atoms with Crippen LogP contribution in [0.15, 0.2) is 97.2 Å². The highest BCUT2D eigenvalue weighted by atomic mass is 16.6. The van der Waals surface area contributed by atoms with E-state index in [1.54, 1.807) is 0 Å². The molecule has 0 spiro atoms. The number of carbonyl (C=O) groups is 3. The summed E-state index contributed by atoms with van der Waals surface area (Å²) in [5.41, 5.74) is 0. The van der Waals surface area contributed by atoms with Crippen LogP contribution in [0.5, 0.6) is 0 Å². The molecule has 6 nitrogen and oxygen atoms in total. The van der Waals surface area contributed by atoms with Gasteiger partial charge in [0.15, 0.2) is 6.10 Å². The van der Waals surface area contributed by atoms with E-state index in [2.05, 4.69) is 99.8 Å². The molecule has 0 heterocycles. The molecule has 0 fully saturated rings. The van der Waals surface area contributed by atoms with Crippen LogP contribution >= 0.6 is 0 Å². The molecule has 376 valence electrons. The lowest BCUT2D eigenvalue weighted by molar-refractivity contribution is -0.167.